The van der Waals surface area contributed by atoms with Crippen molar-refractivity contribution >= 4 is 21.4 Å². The van der Waals surface area contributed by atoms with Crippen molar-refractivity contribution in [2.45, 2.75) is 6.54 Å². The summed E-state index contributed by atoms with van der Waals surface area (Å²) in [6.45, 7) is 0.491. The molecule has 3 rings (SSSR count). The summed E-state index contributed by atoms with van der Waals surface area (Å²) in [5.74, 6) is -0.206. The highest BCUT2D eigenvalue weighted by molar-refractivity contribution is 7.22. The lowest BCUT2D eigenvalue weighted by Gasteiger charge is -1.98. The summed E-state index contributed by atoms with van der Waals surface area (Å²) in [5, 5.41) is 1.04. The van der Waals surface area contributed by atoms with Gasteiger partial charge in [-0.15, -0.1) is 11.3 Å². The normalized spacial score (nSPS) is 11.0. The highest BCUT2D eigenvalue weighted by atomic mass is 32.1. The van der Waals surface area contributed by atoms with Crippen LogP contribution in [0, 0.1) is 5.82 Å². The first kappa shape index (κ1) is 11.3. The third-order valence-corrected chi connectivity index (χ3v) is 3.92. The Morgan fingerprint density at radius 3 is 2.78 bits per heavy atom. The number of hydrogen-bond acceptors (Lipinski definition) is 3. The molecular weight excluding hydrogens is 247 g/mol. The van der Waals surface area contributed by atoms with E-state index in [-0.39, 0.29) is 5.82 Å². The second-order valence-corrected chi connectivity index (χ2v) is 5.13. The van der Waals surface area contributed by atoms with Crippen LogP contribution in [0.1, 0.15) is 5.56 Å². The lowest BCUT2D eigenvalue weighted by atomic mass is 10.2. The van der Waals surface area contributed by atoms with Crippen molar-refractivity contribution in [2.75, 3.05) is 0 Å². The minimum Gasteiger partial charge on any atom is -0.326 e. The number of nitrogens with zero attached hydrogens (tertiary/aromatic N) is 1. The Morgan fingerprint density at radius 2 is 2.06 bits per heavy atom. The molecule has 0 unspecified atom stereocenters. The number of hydrogen-bond donors (Lipinski definition) is 1. The lowest BCUT2D eigenvalue weighted by Crippen LogP contribution is -1.96. The number of halogens is 1. The molecule has 3 aromatic rings. The largest absolute Gasteiger partial charge is 0.326 e. The Balaban J connectivity index is 2.07. The molecule has 0 atom stereocenters. The van der Waals surface area contributed by atoms with Gasteiger partial charge in [-0.2, -0.15) is 0 Å². The fourth-order valence-electron chi connectivity index (χ4n) is 1.82. The zero-order chi connectivity index (χ0) is 12.5. The summed E-state index contributed by atoms with van der Waals surface area (Å²) in [6.07, 6.45) is 1.78. The van der Waals surface area contributed by atoms with Crippen LogP contribution in [-0.4, -0.2) is 4.98 Å². The first-order chi connectivity index (χ1) is 8.76. The van der Waals surface area contributed by atoms with Crippen molar-refractivity contribution in [3.63, 3.8) is 0 Å². The van der Waals surface area contributed by atoms with Gasteiger partial charge in [0.2, 0.25) is 0 Å². The molecule has 0 aliphatic rings. The zero-order valence-electron chi connectivity index (χ0n) is 9.56. The minimum atomic E-state index is -0.206. The summed E-state index contributed by atoms with van der Waals surface area (Å²) >= 11 is 1.54. The van der Waals surface area contributed by atoms with Crippen molar-refractivity contribution in [3.8, 4) is 10.6 Å². The smallest absolute Gasteiger partial charge is 0.124 e. The highest BCUT2D eigenvalue weighted by Gasteiger charge is 2.06. The van der Waals surface area contributed by atoms with Crippen molar-refractivity contribution in [2.24, 2.45) is 5.73 Å². The van der Waals surface area contributed by atoms with Crippen LogP contribution in [0.3, 0.4) is 0 Å². The van der Waals surface area contributed by atoms with Gasteiger partial charge >= 0.3 is 0 Å². The van der Waals surface area contributed by atoms with Crippen LogP contribution in [0.5, 0.6) is 0 Å². The maximum Gasteiger partial charge on any atom is 0.124 e. The molecular formula is C14H11FN2S. The lowest BCUT2D eigenvalue weighted by molar-refractivity contribution is 0.630. The van der Waals surface area contributed by atoms with Crippen LogP contribution in [-0.2, 0) is 6.54 Å². The first-order valence-corrected chi connectivity index (χ1v) is 6.42. The molecule has 1 aromatic carbocycles. The number of thiophene rings is 1. The maximum absolute atomic E-state index is 13.1. The van der Waals surface area contributed by atoms with Crippen LogP contribution in [0.2, 0.25) is 0 Å². The highest BCUT2D eigenvalue weighted by Crippen LogP contribution is 2.32. The number of aromatic nitrogens is 1. The Hall–Kier alpha value is -1.78. The summed E-state index contributed by atoms with van der Waals surface area (Å²) in [7, 11) is 0. The van der Waals surface area contributed by atoms with E-state index in [1.165, 1.54) is 6.07 Å². The van der Waals surface area contributed by atoms with Crippen LogP contribution in [0.4, 0.5) is 4.39 Å². The van der Waals surface area contributed by atoms with E-state index in [1.54, 1.807) is 29.7 Å². The Labute approximate surface area is 108 Å². The average Bonchev–Trinajstić information content (AvgIpc) is 2.81. The molecule has 0 spiro atoms. The van der Waals surface area contributed by atoms with Crippen molar-refractivity contribution in [1.82, 2.24) is 4.98 Å². The predicted molar refractivity (Wildman–Crippen MR) is 72.9 cm³/mol. The quantitative estimate of drug-likeness (QED) is 0.763. The molecule has 18 heavy (non-hydrogen) atoms. The minimum absolute atomic E-state index is 0.206. The van der Waals surface area contributed by atoms with E-state index < -0.39 is 0 Å². The molecule has 2 nitrogen and oxygen atoms in total. The van der Waals surface area contributed by atoms with Gasteiger partial charge in [0, 0.05) is 17.4 Å². The molecule has 0 radical (unpaired) electrons. The molecule has 0 amide bonds. The number of fused-ring (bicyclic) bond motifs is 1. The molecule has 0 aliphatic heterocycles. The van der Waals surface area contributed by atoms with E-state index in [4.69, 9.17) is 5.73 Å². The van der Waals surface area contributed by atoms with Crippen LogP contribution in [0.15, 0.2) is 42.6 Å². The molecule has 90 valence electrons. The molecule has 0 saturated carbocycles. The summed E-state index contributed by atoms with van der Waals surface area (Å²) in [4.78, 5) is 5.42. The van der Waals surface area contributed by atoms with Gasteiger partial charge in [0.1, 0.15) is 5.82 Å². The molecule has 2 N–H and O–H groups in total. The van der Waals surface area contributed by atoms with Gasteiger partial charge in [-0.05, 0) is 35.2 Å². The third kappa shape index (κ3) is 2.00. The second-order valence-electron chi connectivity index (χ2n) is 4.05. The van der Waals surface area contributed by atoms with Gasteiger partial charge in [0.25, 0.3) is 0 Å². The van der Waals surface area contributed by atoms with E-state index >= 15 is 0 Å². The van der Waals surface area contributed by atoms with E-state index in [1.807, 2.05) is 18.2 Å². The van der Waals surface area contributed by atoms with Gasteiger partial charge < -0.3 is 5.73 Å². The Kier molecular flexibility index (Phi) is 2.81. The summed E-state index contributed by atoms with van der Waals surface area (Å²) < 4.78 is 14.1. The second kappa shape index (κ2) is 4.48. The molecule has 2 heterocycles. The number of benzene rings is 1. The standard InChI is InChI=1S/C14H11FN2S/c15-11-3-2-10-5-14(18-13(10)6-11)12-4-1-9(7-16)8-17-12/h1-6,8H,7,16H2. The SMILES string of the molecule is NCc1ccc(-c2cc3ccc(F)cc3s2)nc1. The zero-order valence-corrected chi connectivity index (χ0v) is 10.4. The van der Waals surface area contributed by atoms with Crippen LogP contribution in [0.25, 0.3) is 20.7 Å². The maximum atomic E-state index is 13.1. The molecule has 0 aliphatic carbocycles. The van der Waals surface area contributed by atoms with E-state index in [2.05, 4.69) is 4.98 Å². The summed E-state index contributed by atoms with van der Waals surface area (Å²) in [6, 6.07) is 10.8. The molecule has 4 heteroatoms. The topological polar surface area (TPSA) is 38.9 Å². The van der Waals surface area contributed by atoms with Gasteiger partial charge in [0.05, 0.1) is 10.6 Å². The predicted octanol–water partition coefficient (Wildman–Crippen LogP) is 3.56. The van der Waals surface area contributed by atoms with E-state index in [0.29, 0.717) is 6.54 Å². The average molecular weight is 258 g/mol. The number of rotatable bonds is 2. The Morgan fingerprint density at radius 1 is 1.17 bits per heavy atom. The third-order valence-electron chi connectivity index (χ3n) is 2.80. The van der Waals surface area contributed by atoms with Crippen LogP contribution >= 0.6 is 11.3 Å². The van der Waals surface area contributed by atoms with Gasteiger partial charge in [0.15, 0.2) is 0 Å². The van der Waals surface area contributed by atoms with Crippen LogP contribution < -0.4 is 5.73 Å². The molecule has 0 saturated heterocycles. The van der Waals surface area contributed by atoms with Crippen molar-refractivity contribution in [1.29, 1.82) is 0 Å². The van der Waals surface area contributed by atoms with Gasteiger partial charge in [-0.25, -0.2) is 4.39 Å². The van der Waals surface area contributed by atoms with Gasteiger partial charge in [-0.3, -0.25) is 4.98 Å². The molecule has 0 fully saturated rings. The van der Waals surface area contributed by atoms with Crippen molar-refractivity contribution < 1.29 is 4.39 Å². The molecule has 2 aromatic heterocycles. The van der Waals surface area contributed by atoms with E-state index in [9.17, 15) is 4.39 Å². The summed E-state index contributed by atoms with van der Waals surface area (Å²) in [5.41, 5.74) is 7.44. The monoisotopic (exact) mass is 258 g/mol. The van der Waals surface area contributed by atoms with Crippen molar-refractivity contribution in [3.05, 3.63) is 54.0 Å². The fraction of sp³-hybridized carbons (Fsp3) is 0.0714. The number of nitrogens with two attached hydrogens (primary N) is 1. The molecule has 0 bridgehead atoms. The van der Waals surface area contributed by atoms with E-state index in [0.717, 1.165) is 26.2 Å². The number of pyridine rings is 1. The first-order valence-electron chi connectivity index (χ1n) is 5.61. The van der Waals surface area contributed by atoms with Gasteiger partial charge in [-0.1, -0.05) is 12.1 Å². The Bertz CT molecular complexity index is 689. The fourth-order valence-corrected chi connectivity index (χ4v) is 2.89.